The largest absolute Gasteiger partial charge is 0.481 e. The maximum Gasteiger partial charge on any atom is 0.408 e. The highest BCUT2D eigenvalue weighted by atomic mass is 16.5. The predicted molar refractivity (Wildman–Crippen MR) is 96.5 cm³/mol. The van der Waals surface area contributed by atoms with E-state index in [1.54, 1.807) is 0 Å². The van der Waals surface area contributed by atoms with Gasteiger partial charge in [-0.3, -0.25) is 4.79 Å². The SMILES string of the molecule is C[C@](CC(=O)O)(NC(=O)OCC1c2ccccc2-c2ccccc21)C(=O)O. The quantitative estimate of drug-likeness (QED) is 0.722. The smallest absolute Gasteiger partial charge is 0.408 e. The molecule has 7 heteroatoms. The molecule has 3 N–H and O–H groups in total. The molecule has 2 aromatic carbocycles. The first kappa shape index (κ1) is 18.4. The lowest BCUT2D eigenvalue weighted by molar-refractivity contribution is -0.150. The minimum absolute atomic E-state index is 0.0165. The highest BCUT2D eigenvalue weighted by Gasteiger charge is 2.38. The van der Waals surface area contributed by atoms with Crippen molar-refractivity contribution in [1.82, 2.24) is 5.32 Å². The fourth-order valence-corrected chi connectivity index (χ4v) is 3.34. The lowest BCUT2D eigenvalue weighted by Gasteiger charge is -2.24. The molecule has 0 radical (unpaired) electrons. The molecule has 0 aromatic heterocycles. The Kier molecular flexibility index (Phi) is 4.85. The summed E-state index contributed by atoms with van der Waals surface area (Å²) in [6.07, 6.45) is -1.73. The van der Waals surface area contributed by atoms with Gasteiger partial charge in [0.05, 0.1) is 6.42 Å². The molecule has 0 unspecified atom stereocenters. The molecule has 0 saturated heterocycles. The molecule has 0 heterocycles. The molecule has 1 amide bonds. The van der Waals surface area contributed by atoms with Crippen molar-refractivity contribution in [3.05, 3.63) is 59.7 Å². The van der Waals surface area contributed by atoms with Crippen LogP contribution in [0, 0.1) is 0 Å². The van der Waals surface area contributed by atoms with Crippen molar-refractivity contribution in [3.63, 3.8) is 0 Å². The lowest BCUT2D eigenvalue weighted by atomic mass is 9.98. The number of carboxylic acids is 2. The van der Waals surface area contributed by atoms with Gasteiger partial charge in [0, 0.05) is 5.92 Å². The van der Waals surface area contributed by atoms with Crippen molar-refractivity contribution in [2.45, 2.75) is 24.8 Å². The zero-order valence-electron chi connectivity index (χ0n) is 14.6. The molecule has 0 saturated carbocycles. The van der Waals surface area contributed by atoms with E-state index < -0.39 is 30.0 Å². The minimum Gasteiger partial charge on any atom is -0.481 e. The van der Waals surface area contributed by atoms with Gasteiger partial charge in [-0.1, -0.05) is 48.5 Å². The Morgan fingerprint density at radius 1 is 1.00 bits per heavy atom. The average Bonchev–Trinajstić information content (AvgIpc) is 2.93. The summed E-state index contributed by atoms with van der Waals surface area (Å²) >= 11 is 0. The summed E-state index contributed by atoms with van der Waals surface area (Å²) in [5.74, 6) is -2.95. The molecule has 0 spiro atoms. The highest BCUT2D eigenvalue weighted by Crippen LogP contribution is 2.44. The number of amides is 1. The van der Waals surface area contributed by atoms with Crippen LogP contribution >= 0.6 is 0 Å². The van der Waals surface area contributed by atoms with E-state index in [1.807, 2.05) is 48.5 Å². The van der Waals surface area contributed by atoms with Crippen LogP contribution in [-0.4, -0.2) is 40.4 Å². The van der Waals surface area contributed by atoms with E-state index in [2.05, 4.69) is 5.32 Å². The van der Waals surface area contributed by atoms with Crippen LogP contribution in [0.5, 0.6) is 0 Å². The molecule has 7 nitrogen and oxygen atoms in total. The summed E-state index contributed by atoms with van der Waals surface area (Å²) in [7, 11) is 0. The van der Waals surface area contributed by atoms with E-state index in [0.29, 0.717) is 0 Å². The van der Waals surface area contributed by atoms with Crippen LogP contribution < -0.4 is 5.32 Å². The highest BCUT2D eigenvalue weighted by molar-refractivity contribution is 5.88. The second-order valence-corrected chi connectivity index (χ2v) is 6.66. The summed E-state index contributed by atoms with van der Waals surface area (Å²) in [6.45, 7) is 1.15. The molecular weight excluding hydrogens is 350 g/mol. The number of carbonyl (C=O) groups excluding carboxylic acids is 1. The van der Waals surface area contributed by atoms with Gasteiger partial charge in [-0.15, -0.1) is 0 Å². The number of ether oxygens (including phenoxy) is 1. The van der Waals surface area contributed by atoms with E-state index in [0.717, 1.165) is 29.2 Å². The molecule has 0 fully saturated rings. The second kappa shape index (κ2) is 7.11. The molecule has 140 valence electrons. The summed E-state index contributed by atoms with van der Waals surface area (Å²) < 4.78 is 5.26. The number of nitrogens with one attached hydrogen (secondary N) is 1. The van der Waals surface area contributed by atoms with Gasteiger partial charge in [-0.2, -0.15) is 0 Å². The van der Waals surface area contributed by atoms with Gasteiger partial charge < -0.3 is 20.3 Å². The van der Waals surface area contributed by atoms with Crippen molar-refractivity contribution < 1.29 is 29.3 Å². The molecular formula is C20H19NO6. The van der Waals surface area contributed by atoms with Crippen LogP contribution in [0.25, 0.3) is 11.1 Å². The van der Waals surface area contributed by atoms with Crippen LogP contribution in [0.4, 0.5) is 4.79 Å². The summed E-state index contributed by atoms with van der Waals surface area (Å²) in [4.78, 5) is 34.4. The second-order valence-electron chi connectivity index (χ2n) is 6.66. The molecule has 1 aliphatic carbocycles. The third kappa shape index (κ3) is 3.62. The number of fused-ring (bicyclic) bond motifs is 3. The van der Waals surface area contributed by atoms with Crippen LogP contribution in [0.2, 0.25) is 0 Å². The Balaban J connectivity index is 1.74. The number of carbonyl (C=O) groups is 3. The number of hydrogen-bond acceptors (Lipinski definition) is 4. The fourth-order valence-electron chi connectivity index (χ4n) is 3.34. The normalized spacial score (nSPS) is 14.6. The van der Waals surface area contributed by atoms with E-state index in [-0.39, 0.29) is 12.5 Å². The number of carboxylic acid groups (broad SMARTS) is 2. The summed E-state index contributed by atoms with van der Waals surface area (Å²) in [6, 6.07) is 15.6. The molecule has 1 aliphatic rings. The third-order valence-corrected chi connectivity index (χ3v) is 4.70. The van der Waals surface area contributed by atoms with Gasteiger partial charge in [-0.25, -0.2) is 9.59 Å². The van der Waals surface area contributed by atoms with E-state index in [9.17, 15) is 19.5 Å². The van der Waals surface area contributed by atoms with Crippen LogP contribution in [0.15, 0.2) is 48.5 Å². The topological polar surface area (TPSA) is 113 Å². The molecule has 0 bridgehead atoms. The first-order valence-electron chi connectivity index (χ1n) is 8.40. The Bertz CT molecular complexity index is 863. The van der Waals surface area contributed by atoms with Crippen LogP contribution in [0.1, 0.15) is 30.4 Å². The fraction of sp³-hybridized carbons (Fsp3) is 0.250. The Morgan fingerprint density at radius 2 is 1.52 bits per heavy atom. The molecule has 2 aromatic rings. The zero-order chi connectivity index (χ0) is 19.6. The zero-order valence-corrected chi connectivity index (χ0v) is 14.6. The van der Waals surface area contributed by atoms with Gasteiger partial charge >= 0.3 is 18.0 Å². The number of aliphatic carboxylic acids is 2. The Morgan fingerprint density at radius 3 is 2.00 bits per heavy atom. The van der Waals surface area contributed by atoms with Crippen molar-refractivity contribution >= 4 is 18.0 Å². The molecule has 3 rings (SSSR count). The predicted octanol–water partition coefficient (Wildman–Crippen LogP) is 2.84. The van der Waals surface area contributed by atoms with Crippen LogP contribution in [-0.2, 0) is 14.3 Å². The maximum atomic E-state index is 12.1. The summed E-state index contributed by atoms with van der Waals surface area (Å²) in [5, 5.41) is 20.3. The van der Waals surface area contributed by atoms with Crippen molar-refractivity contribution in [2.24, 2.45) is 0 Å². The van der Waals surface area contributed by atoms with Crippen molar-refractivity contribution in [1.29, 1.82) is 0 Å². The van der Waals surface area contributed by atoms with Crippen LogP contribution in [0.3, 0.4) is 0 Å². The summed E-state index contributed by atoms with van der Waals surface area (Å²) in [5.41, 5.74) is 2.25. The monoisotopic (exact) mass is 369 g/mol. The van der Waals surface area contributed by atoms with Gasteiger partial charge in [0.1, 0.15) is 12.1 Å². The molecule has 1 atom stereocenters. The standard InChI is InChI=1S/C20H19NO6/c1-20(18(24)25,10-17(22)23)21-19(26)27-11-16-14-8-4-2-6-12(14)13-7-3-5-9-15(13)16/h2-9,16H,10-11H2,1H3,(H,21,26)(H,22,23)(H,24,25)/t20-/m1/s1. The number of benzene rings is 2. The van der Waals surface area contributed by atoms with Gasteiger partial charge in [-0.05, 0) is 29.2 Å². The Labute approximate surface area is 155 Å². The first-order chi connectivity index (χ1) is 12.8. The van der Waals surface area contributed by atoms with Crippen molar-refractivity contribution in [3.8, 4) is 11.1 Å². The number of rotatable bonds is 6. The average molecular weight is 369 g/mol. The van der Waals surface area contributed by atoms with Gasteiger partial charge in [0.15, 0.2) is 0 Å². The van der Waals surface area contributed by atoms with E-state index in [4.69, 9.17) is 9.84 Å². The molecule has 0 aliphatic heterocycles. The van der Waals surface area contributed by atoms with E-state index >= 15 is 0 Å². The number of alkyl carbamates (subject to hydrolysis) is 1. The van der Waals surface area contributed by atoms with Crippen molar-refractivity contribution in [2.75, 3.05) is 6.61 Å². The first-order valence-corrected chi connectivity index (χ1v) is 8.40. The number of hydrogen-bond donors (Lipinski definition) is 3. The van der Waals surface area contributed by atoms with E-state index in [1.165, 1.54) is 0 Å². The Hall–Kier alpha value is -3.35. The lowest BCUT2D eigenvalue weighted by Crippen LogP contribution is -2.53. The minimum atomic E-state index is -1.95. The molecule has 27 heavy (non-hydrogen) atoms. The van der Waals surface area contributed by atoms with Gasteiger partial charge in [0.2, 0.25) is 0 Å². The third-order valence-electron chi connectivity index (χ3n) is 4.70. The maximum absolute atomic E-state index is 12.1. The van der Waals surface area contributed by atoms with Gasteiger partial charge in [0.25, 0.3) is 0 Å².